The third kappa shape index (κ3) is 4.43. The molecule has 0 spiro atoms. The van der Waals surface area contributed by atoms with Gasteiger partial charge in [0, 0.05) is 69.6 Å². The van der Waals surface area contributed by atoms with E-state index in [1.54, 1.807) is 0 Å². The monoisotopic (exact) mass is 755 g/mol. The summed E-state index contributed by atoms with van der Waals surface area (Å²) in [6.07, 6.45) is 0. The van der Waals surface area contributed by atoms with E-state index in [1.807, 2.05) is 11.3 Å². The summed E-state index contributed by atoms with van der Waals surface area (Å²) in [4.78, 5) is 0. The SMILES string of the molecule is c1ccc2c(c1)sc1cc(-n3c4ccccc4c4c(-c5cc(-n6c7ccccc7c7ccccc76)cc(-n6c7ccccc7c7ccccc76)c5)cccc43)ccc12. The highest BCUT2D eigenvalue weighted by molar-refractivity contribution is 7.25. The Kier molecular flexibility index (Phi) is 6.60. The highest BCUT2D eigenvalue weighted by atomic mass is 32.1. The number of aromatic nitrogens is 3. The number of hydrogen-bond donors (Lipinski definition) is 0. The summed E-state index contributed by atoms with van der Waals surface area (Å²) in [5.74, 6) is 0. The fourth-order valence-corrected chi connectivity index (χ4v) is 10.9. The third-order valence-electron chi connectivity index (χ3n) is 12.2. The summed E-state index contributed by atoms with van der Waals surface area (Å²) in [6.45, 7) is 0. The Labute approximate surface area is 337 Å². The summed E-state index contributed by atoms with van der Waals surface area (Å²) in [7, 11) is 0. The van der Waals surface area contributed by atoms with Gasteiger partial charge in [0.25, 0.3) is 0 Å². The van der Waals surface area contributed by atoms with Gasteiger partial charge in [-0.15, -0.1) is 11.3 Å². The molecular weight excluding hydrogens is 723 g/mol. The van der Waals surface area contributed by atoms with Crippen molar-refractivity contribution in [2.75, 3.05) is 0 Å². The van der Waals surface area contributed by atoms with Gasteiger partial charge in [0.1, 0.15) is 0 Å². The lowest BCUT2D eigenvalue weighted by Crippen LogP contribution is -2.00. The lowest BCUT2D eigenvalue weighted by atomic mass is 9.98. The molecule has 4 heteroatoms. The summed E-state index contributed by atoms with van der Waals surface area (Å²) >= 11 is 1.87. The van der Waals surface area contributed by atoms with Crippen molar-refractivity contribution in [3.05, 3.63) is 200 Å². The summed E-state index contributed by atoms with van der Waals surface area (Å²) in [6, 6.07) is 73.9. The van der Waals surface area contributed by atoms with Crippen molar-refractivity contribution in [3.8, 4) is 28.2 Å². The van der Waals surface area contributed by atoms with Crippen LogP contribution in [0.2, 0.25) is 0 Å². The quantitative estimate of drug-likeness (QED) is 0.170. The second-order valence-corrected chi connectivity index (χ2v) is 16.4. The normalized spacial score (nSPS) is 12.1. The molecule has 0 bridgehead atoms. The van der Waals surface area contributed by atoms with Gasteiger partial charge in [0.2, 0.25) is 0 Å². The molecule has 0 amide bonds. The van der Waals surface area contributed by atoms with Crippen LogP contribution in [-0.2, 0) is 0 Å². The standard InChI is InChI=1S/C54H33N3S/c1-7-21-46-39(14-1)40-15-2-8-22-47(40)56(46)36-30-34(31-37(32-36)57-48-23-9-3-16-41(48)42-17-4-10-24-49(42)57)38-20-13-26-51-54(38)45-19-5-11-25-50(45)55(51)35-28-29-44-43-18-6-12-27-52(43)58-53(44)33-35/h1-33H. The molecule has 0 unspecified atom stereocenters. The maximum atomic E-state index is 2.46. The van der Waals surface area contributed by atoms with Crippen LogP contribution in [0.5, 0.6) is 0 Å². The molecule has 0 aliphatic heterocycles. The van der Waals surface area contributed by atoms with Gasteiger partial charge in [0.15, 0.2) is 0 Å². The van der Waals surface area contributed by atoms with Crippen LogP contribution in [-0.4, -0.2) is 13.7 Å². The van der Waals surface area contributed by atoms with Crippen molar-refractivity contribution < 1.29 is 0 Å². The topological polar surface area (TPSA) is 14.8 Å². The van der Waals surface area contributed by atoms with E-state index in [2.05, 4.69) is 214 Å². The molecule has 13 aromatic rings. The average molecular weight is 756 g/mol. The van der Waals surface area contributed by atoms with Gasteiger partial charge in [-0.3, -0.25) is 0 Å². The van der Waals surface area contributed by atoms with Crippen molar-refractivity contribution in [1.29, 1.82) is 0 Å². The zero-order valence-electron chi connectivity index (χ0n) is 31.3. The molecule has 0 saturated heterocycles. The van der Waals surface area contributed by atoms with E-state index in [-0.39, 0.29) is 0 Å². The maximum Gasteiger partial charge on any atom is 0.0547 e. The number of hydrogen-bond acceptors (Lipinski definition) is 1. The molecule has 0 atom stereocenters. The zero-order valence-corrected chi connectivity index (χ0v) is 32.1. The predicted molar refractivity (Wildman–Crippen MR) is 248 cm³/mol. The molecule has 0 fully saturated rings. The number of thiophene rings is 1. The van der Waals surface area contributed by atoms with Crippen molar-refractivity contribution in [2.45, 2.75) is 0 Å². The van der Waals surface area contributed by atoms with E-state index in [0.717, 1.165) is 11.4 Å². The zero-order chi connectivity index (χ0) is 37.9. The Morgan fingerprint density at radius 2 is 0.707 bits per heavy atom. The van der Waals surface area contributed by atoms with Gasteiger partial charge in [-0.25, -0.2) is 0 Å². The van der Waals surface area contributed by atoms with E-state index in [4.69, 9.17) is 0 Å². The highest BCUT2D eigenvalue weighted by Gasteiger charge is 2.21. The third-order valence-corrected chi connectivity index (χ3v) is 13.3. The minimum absolute atomic E-state index is 1.13. The van der Waals surface area contributed by atoms with E-state index in [1.165, 1.54) is 102 Å². The van der Waals surface area contributed by atoms with E-state index < -0.39 is 0 Å². The molecule has 0 aliphatic rings. The van der Waals surface area contributed by atoms with Crippen LogP contribution in [0, 0.1) is 0 Å². The van der Waals surface area contributed by atoms with Crippen LogP contribution in [0.3, 0.4) is 0 Å². The minimum atomic E-state index is 1.13. The van der Waals surface area contributed by atoms with Gasteiger partial charge < -0.3 is 13.7 Å². The maximum absolute atomic E-state index is 2.46. The Balaban J connectivity index is 1.13. The van der Waals surface area contributed by atoms with Gasteiger partial charge in [0.05, 0.1) is 33.1 Å². The highest BCUT2D eigenvalue weighted by Crippen LogP contribution is 2.43. The van der Waals surface area contributed by atoms with Gasteiger partial charge in [-0.05, 0) is 83.9 Å². The Hall–Kier alpha value is -7.40. The average Bonchev–Trinajstić information content (AvgIpc) is 4.02. The summed E-state index contributed by atoms with van der Waals surface area (Å²) in [5, 5.41) is 10.1. The molecule has 3 nitrogen and oxygen atoms in total. The number of benzene rings is 9. The molecule has 270 valence electrons. The second-order valence-electron chi connectivity index (χ2n) is 15.3. The molecule has 13 rings (SSSR count). The summed E-state index contributed by atoms with van der Waals surface area (Å²) in [5.41, 5.74) is 13.0. The predicted octanol–water partition coefficient (Wildman–Crippen LogP) is 15.0. The first-order valence-corrected chi connectivity index (χ1v) is 20.7. The molecule has 0 aliphatic carbocycles. The number of rotatable bonds is 4. The molecule has 58 heavy (non-hydrogen) atoms. The smallest absolute Gasteiger partial charge is 0.0547 e. The van der Waals surface area contributed by atoms with E-state index in [0.29, 0.717) is 0 Å². The Bertz CT molecular complexity index is 3580. The van der Waals surface area contributed by atoms with Gasteiger partial charge in [-0.1, -0.05) is 127 Å². The fourth-order valence-electron chi connectivity index (χ4n) is 9.80. The van der Waals surface area contributed by atoms with Gasteiger partial charge >= 0.3 is 0 Å². The Morgan fingerprint density at radius 3 is 1.28 bits per heavy atom. The minimum Gasteiger partial charge on any atom is -0.309 e. The van der Waals surface area contributed by atoms with Crippen molar-refractivity contribution >= 4 is 96.9 Å². The van der Waals surface area contributed by atoms with Crippen molar-refractivity contribution in [1.82, 2.24) is 13.7 Å². The first-order chi connectivity index (χ1) is 28.8. The first kappa shape index (κ1) is 31.8. The first-order valence-electron chi connectivity index (χ1n) is 19.8. The molecular formula is C54H33N3S. The number of para-hydroxylation sites is 5. The van der Waals surface area contributed by atoms with E-state index >= 15 is 0 Å². The molecule has 0 radical (unpaired) electrons. The lowest BCUT2D eigenvalue weighted by Gasteiger charge is -2.16. The molecule has 0 saturated carbocycles. The van der Waals surface area contributed by atoms with Crippen molar-refractivity contribution in [3.63, 3.8) is 0 Å². The number of nitrogens with zero attached hydrogens (tertiary/aromatic N) is 3. The van der Waals surface area contributed by atoms with Crippen LogP contribution in [0.25, 0.3) is 114 Å². The second kappa shape index (κ2) is 12.1. The van der Waals surface area contributed by atoms with Crippen molar-refractivity contribution in [2.24, 2.45) is 0 Å². The van der Waals surface area contributed by atoms with Gasteiger partial charge in [-0.2, -0.15) is 0 Å². The molecule has 4 heterocycles. The van der Waals surface area contributed by atoms with Crippen LogP contribution in [0.1, 0.15) is 0 Å². The molecule has 9 aromatic carbocycles. The Morgan fingerprint density at radius 1 is 0.276 bits per heavy atom. The fraction of sp³-hybridized carbons (Fsp3) is 0. The largest absolute Gasteiger partial charge is 0.309 e. The van der Waals surface area contributed by atoms with Crippen LogP contribution < -0.4 is 0 Å². The number of fused-ring (bicyclic) bond motifs is 12. The van der Waals surface area contributed by atoms with E-state index in [9.17, 15) is 0 Å². The molecule has 4 aromatic heterocycles. The van der Waals surface area contributed by atoms with Crippen LogP contribution in [0.4, 0.5) is 0 Å². The van der Waals surface area contributed by atoms with Crippen LogP contribution >= 0.6 is 11.3 Å². The lowest BCUT2D eigenvalue weighted by molar-refractivity contribution is 1.13. The summed E-state index contributed by atoms with van der Waals surface area (Å²) < 4.78 is 9.99. The van der Waals surface area contributed by atoms with Crippen LogP contribution in [0.15, 0.2) is 200 Å². The molecule has 0 N–H and O–H groups in total.